The van der Waals surface area contributed by atoms with Gasteiger partial charge in [-0.05, 0) is 75.9 Å². The molecule has 174 valence electrons. The molecule has 1 aliphatic rings. The molecule has 4 rings (SSSR count). The number of hydrogen-bond donors (Lipinski definition) is 0. The number of aryl methyl sites for hydroxylation is 1. The van der Waals surface area contributed by atoms with E-state index >= 15 is 0 Å². The molecule has 1 amide bonds. The Morgan fingerprint density at radius 2 is 1.91 bits per heavy atom. The first-order valence-corrected chi connectivity index (χ1v) is 12.5. The Morgan fingerprint density at radius 1 is 1.18 bits per heavy atom. The fourth-order valence-corrected chi connectivity index (χ4v) is 5.58. The maximum atomic E-state index is 13.6. The van der Waals surface area contributed by atoms with Crippen molar-refractivity contribution in [1.82, 2.24) is 14.5 Å². The Bertz CT molecular complexity index is 1250. The number of piperidine rings is 1. The summed E-state index contributed by atoms with van der Waals surface area (Å²) in [6.07, 6.45) is 3.16. The van der Waals surface area contributed by atoms with Crippen molar-refractivity contribution in [3.05, 3.63) is 57.3 Å². The third-order valence-electron chi connectivity index (χ3n) is 6.18. The molecule has 0 N–H and O–H groups in total. The minimum absolute atomic E-state index is 0.0582. The molecular formula is C25H28ClN3O3S. The molecule has 0 bridgehead atoms. The van der Waals surface area contributed by atoms with Crippen LogP contribution >= 0.6 is 23.4 Å². The fraction of sp³-hybridized carbons (Fsp3) is 0.400. The Balaban J connectivity index is 1.80. The number of carbonyl (C=O) groups is 1. The van der Waals surface area contributed by atoms with Gasteiger partial charge in [-0.1, -0.05) is 29.4 Å². The largest absolute Gasteiger partial charge is 0.495 e. The quantitative estimate of drug-likeness (QED) is 0.365. The normalized spacial score (nSPS) is 18.5. The molecule has 0 saturated carbocycles. The first kappa shape index (κ1) is 23.6. The van der Waals surface area contributed by atoms with E-state index in [0.29, 0.717) is 32.5 Å². The summed E-state index contributed by atoms with van der Waals surface area (Å²) >= 11 is 7.44. The second-order valence-corrected chi connectivity index (χ2v) is 9.97. The predicted octanol–water partition coefficient (Wildman–Crippen LogP) is 5.24. The van der Waals surface area contributed by atoms with E-state index in [1.807, 2.05) is 30.0 Å². The van der Waals surface area contributed by atoms with E-state index in [-0.39, 0.29) is 29.3 Å². The summed E-state index contributed by atoms with van der Waals surface area (Å²) in [5.74, 6) is 0.814. The summed E-state index contributed by atoms with van der Waals surface area (Å²) in [4.78, 5) is 33.5. The van der Waals surface area contributed by atoms with Gasteiger partial charge in [-0.2, -0.15) is 0 Å². The number of ether oxygens (including phenoxy) is 1. The fourth-order valence-electron chi connectivity index (χ4n) is 4.54. The first-order chi connectivity index (χ1) is 15.8. The average molecular weight is 486 g/mol. The summed E-state index contributed by atoms with van der Waals surface area (Å²) in [5.41, 5.74) is 1.86. The van der Waals surface area contributed by atoms with Gasteiger partial charge in [0.05, 0.1) is 29.5 Å². The van der Waals surface area contributed by atoms with E-state index in [1.165, 1.54) is 11.8 Å². The second kappa shape index (κ2) is 9.77. The highest BCUT2D eigenvalue weighted by Gasteiger charge is 2.29. The van der Waals surface area contributed by atoms with E-state index in [1.54, 1.807) is 29.9 Å². The van der Waals surface area contributed by atoms with Crippen molar-refractivity contribution in [2.75, 3.05) is 12.9 Å². The summed E-state index contributed by atoms with van der Waals surface area (Å²) in [7, 11) is 1.57. The lowest BCUT2D eigenvalue weighted by atomic mass is 9.98. The molecule has 3 aromatic rings. The van der Waals surface area contributed by atoms with E-state index in [4.69, 9.17) is 21.3 Å². The summed E-state index contributed by atoms with van der Waals surface area (Å²) in [6.45, 7) is 6.15. The summed E-state index contributed by atoms with van der Waals surface area (Å²) < 4.78 is 7.10. The Morgan fingerprint density at radius 3 is 2.61 bits per heavy atom. The van der Waals surface area contributed by atoms with Gasteiger partial charge in [0.2, 0.25) is 5.91 Å². The number of halogens is 1. The third kappa shape index (κ3) is 4.75. The number of thioether (sulfide) groups is 1. The zero-order valence-corrected chi connectivity index (χ0v) is 20.9. The number of rotatable bonds is 5. The number of likely N-dealkylation sites (tertiary alicyclic amines) is 1. The number of aromatic nitrogens is 2. The van der Waals surface area contributed by atoms with Crippen molar-refractivity contribution >= 4 is 40.2 Å². The molecule has 1 aromatic heterocycles. The zero-order valence-electron chi connectivity index (χ0n) is 19.3. The lowest BCUT2D eigenvalue weighted by molar-refractivity contribution is -0.134. The lowest BCUT2D eigenvalue weighted by Gasteiger charge is -2.39. The number of fused-ring (bicyclic) bond motifs is 1. The highest BCUT2D eigenvalue weighted by molar-refractivity contribution is 7.99. The number of carbonyl (C=O) groups excluding carboxylic acids is 1. The minimum Gasteiger partial charge on any atom is -0.495 e. The highest BCUT2D eigenvalue weighted by Crippen LogP contribution is 2.30. The monoisotopic (exact) mass is 485 g/mol. The molecule has 0 spiro atoms. The lowest BCUT2D eigenvalue weighted by Crippen LogP contribution is -2.48. The summed E-state index contributed by atoms with van der Waals surface area (Å²) in [5, 5.41) is 1.39. The van der Waals surface area contributed by atoms with Crippen LogP contribution in [0.3, 0.4) is 0 Å². The maximum absolute atomic E-state index is 13.6. The Labute approximate surface area is 202 Å². The van der Waals surface area contributed by atoms with Gasteiger partial charge in [0, 0.05) is 17.1 Å². The van der Waals surface area contributed by atoms with Gasteiger partial charge < -0.3 is 9.64 Å². The van der Waals surface area contributed by atoms with Crippen molar-refractivity contribution in [3.63, 3.8) is 0 Å². The molecule has 1 aliphatic heterocycles. The van der Waals surface area contributed by atoms with Gasteiger partial charge in [-0.25, -0.2) is 4.98 Å². The Kier molecular flexibility index (Phi) is 7.00. The number of methoxy groups -OCH3 is 1. The third-order valence-corrected chi connectivity index (χ3v) is 7.34. The number of nitrogens with zero attached hydrogens (tertiary/aromatic N) is 3. The molecule has 2 atom stereocenters. The zero-order chi connectivity index (χ0) is 23.7. The SMILES string of the molecule is COc1ccc(C)cc1-n1c(SCC(=O)N2[C@H](C)CCC[C@H]2C)nc2cc(Cl)ccc2c1=O. The maximum Gasteiger partial charge on any atom is 0.266 e. The number of amides is 1. The van der Waals surface area contributed by atoms with Crippen molar-refractivity contribution in [2.45, 2.75) is 57.3 Å². The van der Waals surface area contributed by atoms with Crippen LogP contribution in [0.15, 0.2) is 46.3 Å². The molecule has 8 heteroatoms. The molecule has 1 saturated heterocycles. The highest BCUT2D eigenvalue weighted by atomic mass is 35.5. The van der Waals surface area contributed by atoms with Crippen LogP contribution in [0.25, 0.3) is 16.6 Å². The molecule has 0 radical (unpaired) electrons. The predicted molar refractivity (Wildman–Crippen MR) is 134 cm³/mol. The van der Waals surface area contributed by atoms with Gasteiger partial charge in [0.1, 0.15) is 5.75 Å². The molecule has 6 nitrogen and oxygen atoms in total. The molecule has 0 aliphatic carbocycles. The van der Waals surface area contributed by atoms with E-state index in [2.05, 4.69) is 13.8 Å². The van der Waals surface area contributed by atoms with Crippen LogP contribution in [0.5, 0.6) is 5.75 Å². The van der Waals surface area contributed by atoms with Crippen LogP contribution in [-0.4, -0.2) is 45.3 Å². The summed E-state index contributed by atoms with van der Waals surface area (Å²) in [6, 6.07) is 11.1. The first-order valence-electron chi connectivity index (χ1n) is 11.1. The second-order valence-electron chi connectivity index (χ2n) is 8.59. The topological polar surface area (TPSA) is 64.4 Å². The van der Waals surface area contributed by atoms with Crippen LogP contribution in [-0.2, 0) is 4.79 Å². The molecule has 33 heavy (non-hydrogen) atoms. The van der Waals surface area contributed by atoms with Crippen molar-refractivity contribution in [1.29, 1.82) is 0 Å². The van der Waals surface area contributed by atoms with Crippen LogP contribution < -0.4 is 10.3 Å². The smallest absolute Gasteiger partial charge is 0.266 e. The molecule has 2 heterocycles. The molecule has 2 aromatic carbocycles. The molecule has 1 fully saturated rings. The van der Waals surface area contributed by atoms with E-state index in [9.17, 15) is 9.59 Å². The minimum atomic E-state index is -0.227. The molecular weight excluding hydrogens is 458 g/mol. The molecule has 0 unspecified atom stereocenters. The van der Waals surface area contributed by atoms with Gasteiger partial charge >= 0.3 is 0 Å². The van der Waals surface area contributed by atoms with Gasteiger partial charge in [-0.15, -0.1) is 0 Å². The van der Waals surface area contributed by atoms with Crippen molar-refractivity contribution in [3.8, 4) is 11.4 Å². The van der Waals surface area contributed by atoms with Gasteiger partial charge in [-0.3, -0.25) is 14.2 Å². The van der Waals surface area contributed by atoms with Crippen LogP contribution in [0.4, 0.5) is 0 Å². The standard InChI is InChI=1S/C25H28ClN3O3S/c1-15-8-11-22(32-4)21(12-15)29-24(31)19-10-9-18(26)13-20(19)27-25(29)33-14-23(30)28-16(2)6-5-7-17(28)3/h8-13,16-17H,5-7,14H2,1-4H3/t16-,17-/m1/s1. The van der Waals surface area contributed by atoms with E-state index in [0.717, 1.165) is 24.8 Å². The van der Waals surface area contributed by atoms with Crippen molar-refractivity contribution < 1.29 is 9.53 Å². The van der Waals surface area contributed by atoms with E-state index < -0.39 is 0 Å². The number of hydrogen-bond acceptors (Lipinski definition) is 5. The van der Waals surface area contributed by atoms with Crippen molar-refractivity contribution in [2.24, 2.45) is 0 Å². The van der Waals surface area contributed by atoms with Crippen LogP contribution in [0.2, 0.25) is 5.02 Å². The van der Waals surface area contributed by atoms with Crippen LogP contribution in [0, 0.1) is 6.92 Å². The van der Waals surface area contributed by atoms with Crippen LogP contribution in [0.1, 0.15) is 38.7 Å². The van der Waals surface area contributed by atoms with Gasteiger partial charge in [0.15, 0.2) is 5.16 Å². The average Bonchev–Trinajstić information content (AvgIpc) is 2.77. The van der Waals surface area contributed by atoms with Gasteiger partial charge in [0.25, 0.3) is 5.56 Å². The Hall–Kier alpha value is -2.51. The number of benzene rings is 2.